The van der Waals surface area contributed by atoms with Gasteiger partial charge in [0.1, 0.15) is 5.75 Å². The zero-order valence-electron chi connectivity index (χ0n) is 15.4. The lowest BCUT2D eigenvalue weighted by atomic mass is 10.1. The third-order valence-electron chi connectivity index (χ3n) is 3.98. The molecule has 0 aliphatic carbocycles. The van der Waals surface area contributed by atoms with E-state index in [1.165, 1.54) is 0 Å². The van der Waals surface area contributed by atoms with Crippen molar-refractivity contribution in [3.05, 3.63) is 58.1 Å². The second-order valence-corrected chi connectivity index (χ2v) is 6.61. The number of rotatable bonds is 6. The van der Waals surface area contributed by atoms with E-state index in [4.69, 9.17) is 16.3 Å². The maximum Gasteiger partial charge on any atom is 0.261 e. The maximum absolute atomic E-state index is 12.1. The van der Waals surface area contributed by atoms with Crippen molar-refractivity contribution in [3.8, 4) is 5.75 Å². The summed E-state index contributed by atoms with van der Waals surface area (Å²) in [6.45, 7) is 7.21. The standard InChI is InChI=1S/C20H23ClN2O3/c1-12-6-5-7-13(2)19(12)23-18(24)11-22-20(25)15(4)26-16-8-9-17(21)14(3)10-16/h5-10,15H,11H2,1-4H3,(H,22,25)(H,23,24)/t15-/m0/s1. The second kappa shape index (κ2) is 8.72. The summed E-state index contributed by atoms with van der Waals surface area (Å²) in [6, 6.07) is 11.0. The first-order valence-electron chi connectivity index (χ1n) is 8.34. The largest absolute Gasteiger partial charge is 0.481 e. The van der Waals surface area contributed by atoms with Crippen LogP contribution in [0.15, 0.2) is 36.4 Å². The molecule has 26 heavy (non-hydrogen) atoms. The van der Waals surface area contributed by atoms with Crippen LogP contribution in [0.2, 0.25) is 5.02 Å². The molecule has 2 aromatic rings. The first-order valence-corrected chi connectivity index (χ1v) is 8.72. The van der Waals surface area contributed by atoms with E-state index in [0.29, 0.717) is 10.8 Å². The van der Waals surface area contributed by atoms with Gasteiger partial charge in [-0.1, -0.05) is 29.8 Å². The molecular weight excluding hydrogens is 352 g/mol. The number of ether oxygens (including phenoxy) is 1. The molecule has 2 rings (SSSR count). The molecule has 138 valence electrons. The molecule has 0 bridgehead atoms. The summed E-state index contributed by atoms with van der Waals surface area (Å²) in [7, 11) is 0. The number of halogens is 1. The number of hydrogen-bond donors (Lipinski definition) is 2. The molecule has 0 fully saturated rings. The van der Waals surface area contributed by atoms with Gasteiger partial charge in [0.05, 0.1) is 6.54 Å². The third-order valence-corrected chi connectivity index (χ3v) is 4.40. The summed E-state index contributed by atoms with van der Waals surface area (Å²) in [5.74, 6) is -0.103. The molecule has 1 atom stereocenters. The van der Waals surface area contributed by atoms with Crippen LogP contribution in [0.4, 0.5) is 5.69 Å². The highest BCUT2D eigenvalue weighted by Crippen LogP contribution is 2.22. The number of hydrogen-bond acceptors (Lipinski definition) is 3. The zero-order chi connectivity index (χ0) is 19.3. The summed E-state index contributed by atoms with van der Waals surface area (Å²) >= 11 is 5.97. The van der Waals surface area contributed by atoms with Gasteiger partial charge < -0.3 is 15.4 Å². The molecule has 0 aliphatic heterocycles. The number of benzene rings is 2. The van der Waals surface area contributed by atoms with Crippen LogP contribution < -0.4 is 15.4 Å². The summed E-state index contributed by atoms with van der Waals surface area (Å²) in [6.07, 6.45) is -0.733. The smallest absolute Gasteiger partial charge is 0.261 e. The average molecular weight is 375 g/mol. The van der Waals surface area contributed by atoms with Crippen LogP contribution in [-0.2, 0) is 9.59 Å². The molecule has 6 heteroatoms. The van der Waals surface area contributed by atoms with Gasteiger partial charge in [-0.3, -0.25) is 9.59 Å². The fourth-order valence-electron chi connectivity index (χ4n) is 2.45. The summed E-state index contributed by atoms with van der Waals surface area (Å²) in [4.78, 5) is 24.3. The number of anilines is 1. The van der Waals surface area contributed by atoms with Crippen molar-refractivity contribution in [2.45, 2.75) is 33.8 Å². The molecule has 2 N–H and O–H groups in total. The van der Waals surface area contributed by atoms with Crippen LogP contribution in [-0.4, -0.2) is 24.5 Å². The third kappa shape index (κ3) is 5.23. The summed E-state index contributed by atoms with van der Waals surface area (Å²) in [5.41, 5.74) is 3.58. The van der Waals surface area contributed by atoms with Crippen molar-refractivity contribution in [2.24, 2.45) is 0 Å². The fraction of sp³-hybridized carbons (Fsp3) is 0.300. The highest BCUT2D eigenvalue weighted by Gasteiger charge is 2.16. The van der Waals surface area contributed by atoms with Gasteiger partial charge in [-0.05, 0) is 62.6 Å². The molecular formula is C20H23ClN2O3. The molecule has 0 spiro atoms. The fourth-order valence-corrected chi connectivity index (χ4v) is 2.57. The van der Waals surface area contributed by atoms with Crippen molar-refractivity contribution in [2.75, 3.05) is 11.9 Å². The Kier molecular flexibility index (Phi) is 6.64. The van der Waals surface area contributed by atoms with Gasteiger partial charge in [-0.15, -0.1) is 0 Å². The monoisotopic (exact) mass is 374 g/mol. The van der Waals surface area contributed by atoms with Gasteiger partial charge in [0.2, 0.25) is 5.91 Å². The molecule has 0 aliphatic rings. The minimum Gasteiger partial charge on any atom is -0.481 e. The second-order valence-electron chi connectivity index (χ2n) is 6.20. The topological polar surface area (TPSA) is 67.4 Å². The highest BCUT2D eigenvalue weighted by atomic mass is 35.5. The van der Waals surface area contributed by atoms with Gasteiger partial charge in [0.25, 0.3) is 5.91 Å². The molecule has 0 heterocycles. The summed E-state index contributed by atoms with van der Waals surface area (Å²) < 4.78 is 5.60. The Balaban J connectivity index is 1.87. The van der Waals surface area contributed by atoms with Crippen molar-refractivity contribution in [1.82, 2.24) is 5.32 Å². The molecule has 0 radical (unpaired) electrons. The van der Waals surface area contributed by atoms with Crippen LogP contribution in [0.5, 0.6) is 5.75 Å². The lowest BCUT2D eigenvalue weighted by Gasteiger charge is -2.16. The van der Waals surface area contributed by atoms with Gasteiger partial charge in [0, 0.05) is 10.7 Å². The van der Waals surface area contributed by atoms with E-state index < -0.39 is 6.10 Å². The van der Waals surface area contributed by atoms with Crippen LogP contribution in [0.1, 0.15) is 23.6 Å². The van der Waals surface area contributed by atoms with Crippen molar-refractivity contribution in [3.63, 3.8) is 0 Å². The van der Waals surface area contributed by atoms with Gasteiger partial charge in [0.15, 0.2) is 6.10 Å². The SMILES string of the molecule is Cc1cc(O[C@@H](C)C(=O)NCC(=O)Nc2c(C)cccc2C)ccc1Cl. The van der Waals surface area contributed by atoms with E-state index in [9.17, 15) is 9.59 Å². The zero-order valence-corrected chi connectivity index (χ0v) is 16.1. The number of aryl methyl sites for hydroxylation is 3. The number of amides is 2. The molecule has 0 saturated heterocycles. The molecule has 0 unspecified atom stereocenters. The number of carbonyl (C=O) groups excluding carboxylic acids is 2. The predicted molar refractivity (Wildman–Crippen MR) is 104 cm³/mol. The van der Waals surface area contributed by atoms with Gasteiger partial charge >= 0.3 is 0 Å². The first-order chi connectivity index (χ1) is 12.3. The van der Waals surface area contributed by atoms with Crippen molar-refractivity contribution in [1.29, 1.82) is 0 Å². The molecule has 2 aromatic carbocycles. The van der Waals surface area contributed by atoms with Crippen LogP contribution in [0.25, 0.3) is 0 Å². The van der Waals surface area contributed by atoms with Gasteiger partial charge in [-0.2, -0.15) is 0 Å². The quantitative estimate of drug-likeness (QED) is 0.808. The van der Waals surface area contributed by atoms with E-state index in [0.717, 1.165) is 22.4 Å². The molecule has 2 amide bonds. The molecule has 0 saturated carbocycles. The summed E-state index contributed by atoms with van der Waals surface area (Å²) in [5, 5.41) is 6.05. The Morgan fingerprint density at radius 1 is 1.08 bits per heavy atom. The van der Waals surface area contributed by atoms with E-state index in [2.05, 4.69) is 10.6 Å². The van der Waals surface area contributed by atoms with Crippen LogP contribution in [0.3, 0.4) is 0 Å². The van der Waals surface area contributed by atoms with Crippen LogP contribution >= 0.6 is 11.6 Å². The Bertz CT molecular complexity index is 800. The normalized spacial score (nSPS) is 11.6. The molecule has 0 aromatic heterocycles. The number of carbonyl (C=O) groups is 2. The van der Waals surface area contributed by atoms with E-state index in [1.54, 1.807) is 25.1 Å². The van der Waals surface area contributed by atoms with Gasteiger partial charge in [-0.25, -0.2) is 0 Å². The Morgan fingerprint density at radius 3 is 2.35 bits per heavy atom. The first kappa shape index (κ1) is 19.8. The lowest BCUT2D eigenvalue weighted by Crippen LogP contribution is -2.40. The Hall–Kier alpha value is -2.53. The lowest BCUT2D eigenvalue weighted by molar-refractivity contribution is -0.129. The van der Waals surface area contributed by atoms with E-state index in [-0.39, 0.29) is 18.4 Å². The minimum absolute atomic E-state index is 0.125. The minimum atomic E-state index is -0.733. The van der Waals surface area contributed by atoms with E-state index in [1.807, 2.05) is 39.0 Å². The Labute approximate surface area is 158 Å². The Morgan fingerprint density at radius 2 is 1.73 bits per heavy atom. The van der Waals surface area contributed by atoms with Crippen molar-refractivity contribution >= 4 is 29.1 Å². The predicted octanol–water partition coefficient (Wildman–Crippen LogP) is 3.79. The average Bonchev–Trinajstić information content (AvgIpc) is 2.59. The number of nitrogens with one attached hydrogen (secondary N) is 2. The van der Waals surface area contributed by atoms with Crippen molar-refractivity contribution < 1.29 is 14.3 Å². The number of para-hydroxylation sites is 1. The van der Waals surface area contributed by atoms with E-state index >= 15 is 0 Å². The molecule has 5 nitrogen and oxygen atoms in total. The highest BCUT2D eigenvalue weighted by molar-refractivity contribution is 6.31. The van der Waals surface area contributed by atoms with Crippen LogP contribution in [0, 0.1) is 20.8 Å². The maximum atomic E-state index is 12.1.